The van der Waals surface area contributed by atoms with Crippen molar-refractivity contribution >= 4 is 5.91 Å². The van der Waals surface area contributed by atoms with Gasteiger partial charge in [0.15, 0.2) is 0 Å². The summed E-state index contributed by atoms with van der Waals surface area (Å²) < 4.78 is 1.75. The first kappa shape index (κ1) is 11.7. The highest BCUT2D eigenvalue weighted by molar-refractivity contribution is 5.76. The molecule has 0 bridgehead atoms. The number of aromatic nitrogens is 2. The Morgan fingerprint density at radius 1 is 1.73 bits per heavy atom. The van der Waals surface area contributed by atoms with E-state index >= 15 is 0 Å². The number of hydrogen-bond donors (Lipinski definition) is 2. The molecule has 0 aliphatic carbocycles. The average Bonchev–Trinajstić information content (AvgIpc) is 2.50. The number of nitrogens with zero attached hydrogens (tertiary/aromatic N) is 2. The van der Waals surface area contributed by atoms with Crippen molar-refractivity contribution in [2.75, 3.05) is 6.54 Å². The zero-order valence-electron chi connectivity index (χ0n) is 9.23. The van der Waals surface area contributed by atoms with Crippen LogP contribution in [0.4, 0.5) is 0 Å². The number of aryl methyl sites for hydroxylation is 1. The van der Waals surface area contributed by atoms with Crippen LogP contribution in [0, 0.1) is 0 Å². The normalized spacial score (nSPS) is 12.5. The molecule has 1 aromatic rings. The lowest BCUT2D eigenvalue weighted by molar-refractivity contribution is -0.121. The van der Waals surface area contributed by atoms with E-state index in [9.17, 15) is 4.79 Å². The molecular formula is C10H18N4O. The lowest BCUT2D eigenvalue weighted by Crippen LogP contribution is -2.31. The highest BCUT2D eigenvalue weighted by atomic mass is 16.1. The van der Waals surface area contributed by atoms with Gasteiger partial charge in [-0.25, -0.2) is 0 Å². The van der Waals surface area contributed by atoms with Crippen molar-refractivity contribution in [1.29, 1.82) is 0 Å². The Bertz CT molecular complexity index is 319. The van der Waals surface area contributed by atoms with E-state index in [1.54, 1.807) is 4.68 Å². The molecule has 1 heterocycles. The molecule has 0 saturated carbocycles. The summed E-state index contributed by atoms with van der Waals surface area (Å²) >= 11 is 0. The SMILES string of the molecule is CC(N)CC(=O)NCCc1ccn(C)n1. The summed E-state index contributed by atoms with van der Waals surface area (Å²) in [5.41, 5.74) is 6.49. The quantitative estimate of drug-likeness (QED) is 0.708. The van der Waals surface area contributed by atoms with Crippen LogP contribution in [0.15, 0.2) is 12.3 Å². The lowest BCUT2D eigenvalue weighted by Gasteiger charge is -2.05. The molecule has 0 spiro atoms. The molecule has 5 nitrogen and oxygen atoms in total. The molecule has 0 fully saturated rings. The molecule has 15 heavy (non-hydrogen) atoms. The first-order valence-corrected chi connectivity index (χ1v) is 5.08. The summed E-state index contributed by atoms with van der Waals surface area (Å²) in [6.45, 7) is 2.43. The smallest absolute Gasteiger partial charge is 0.221 e. The molecule has 84 valence electrons. The maximum absolute atomic E-state index is 11.2. The third-order valence-corrected chi connectivity index (χ3v) is 1.98. The van der Waals surface area contributed by atoms with Crippen LogP contribution >= 0.6 is 0 Å². The Morgan fingerprint density at radius 2 is 2.47 bits per heavy atom. The number of amides is 1. The Hall–Kier alpha value is -1.36. The maximum atomic E-state index is 11.2. The van der Waals surface area contributed by atoms with E-state index in [2.05, 4.69) is 10.4 Å². The number of carbonyl (C=O) groups is 1. The van der Waals surface area contributed by atoms with Gasteiger partial charge in [0, 0.05) is 38.7 Å². The summed E-state index contributed by atoms with van der Waals surface area (Å²) in [7, 11) is 1.87. The molecule has 3 N–H and O–H groups in total. The molecule has 0 saturated heterocycles. The molecule has 1 rings (SSSR count). The second-order valence-electron chi connectivity index (χ2n) is 3.76. The van der Waals surface area contributed by atoms with Gasteiger partial charge in [0.25, 0.3) is 0 Å². The van der Waals surface area contributed by atoms with Crippen LogP contribution in [0.25, 0.3) is 0 Å². The summed E-state index contributed by atoms with van der Waals surface area (Å²) in [4.78, 5) is 11.2. The van der Waals surface area contributed by atoms with Crippen LogP contribution in [0.1, 0.15) is 19.0 Å². The predicted molar refractivity (Wildman–Crippen MR) is 58.2 cm³/mol. The standard InChI is InChI=1S/C10H18N4O/c1-8(11)7-10(15)12-5-3-9-4-6-14(2)13-9/h4,6,8H,3,5,7,11H2,1-2H3,(H,12,15). The van der Waals surface area contributed by atoms with Crippen molar-refractivity contribution in [3.63, 3.8) is 0 Å². The Morgan fingerprint density at radius 3 is 3.00 bits per heavy atom. The second kappa shape index (κ2) is 5.50. The molecule has 0 radical (unpaired) electrons. The summed E-state index contributed by atoms with van der Waals surface area (Å²) in [5, 5.41) is 7.01. The van der Waals surface area contributed by atoms with Crippen LogP contribution < -0.4 is 11.1 Å². The number of rotatable bonds is 5. The monoisotopic (exact) mass is 210 g/mol. The molecule has 0 aromatic carbocycles. The Kier molecular flexibility index (Phi) is 4.30. The van der Waals surface area contributed by atoms with Crippen LogP contribution in [-0.2, 0) is 18.3 Å². The fraction of sp³-hybridized carbons (Fsp3) is 0.600. The van der Waals surface area contributed by atoms with Gasteiger partial charge in [-0.05, 0) is 13.0 Å². The van der Waals surface area contributed by atoms with Crippen molar-refractivity contribution in [3.05, 3.63) is 18.0 Å². The highest BCUT2D eigenvalue weighted by Gasteiger charge is 2.04. The zero-order chi connectivity index (χ0) is 11.3. The topological polar surface area (TPSA) is 72.9 Å². The van der Waals surface area contributed by atoms with Crippen LogP contribution in [0.2, 0.25) is 0 Å². The van der Waals surface area contributed by atoms with Gasteiger partial charge in [0.05, 0.1) is 5.69 Å². The van der Waals surface area contributed by atoms with Crippen molar-refractivity contribution in [3.8, 4) is 0 Å². The fourth-order valence-corrected chi connectivity index (χ4v) is 1.29. The minimum Gasteiger partial charge on any atom is -0.356 e. The summed E-state index contributed by atoms with van der Waals surface area (Å²) in [6.07, 6.45) is 3.02. The van der Waals surface area contributed by atoms with Gasteiger partial charge in [0.1, 0.15) is 0 Å². The third-order valence-electron chi connectivity index (χ3n) is 1.98. The average molecular weight is 210 g/mol. The van der Waals surface area contributed by atoms with Crippen molar-refractivity contribution in [1.82, 2.24) is 15.1 Å². The molecule has 0 aliphatic heterocycles. The summed E-state index contributed by atoms with van der Waals surface area (Å²) in [6, 6.07) is 1.86. The van der Waals surface area contributed by atoms with E-state index in [4.69, 9.17) is 5.73 Å². The van der Waals surface area contributed by atoms with Crippen LogP contribution in [0.5, 0.6) is 0 Å². The molecule has 1 amide bonds. The van der Waals surface area contributed by atoms with Crippen molar-refractivity contribution in [2.24, 2.45) is 12.8 Å². The largest absolute Gasteiger partial charge is 0.356 e. The minimum atomic E-state index is -0.0835. The van der Waals surface area contributed by atoms with Crippen LogP contribution in [0.3, 0.4) is 0 Å². The van der Waals surface area contributed by atoms with Crippen molar-refractivity contribution in [2.45, 2.75) is 25.8 Å². The van der Waals surface area contributed by atoms with E-state index in [1.165, 1.54) is 0 Å². The Balaban J connectivity index is 2.19. The predicted octanol–water partition coefficient (Wildman–Crippen LogP) is -0.184. The second-order valence-corrected chi connectivity index (χ2v) is 3.76. The Labute approximate surface area is 89.6 Å². The first-order valence-electron chi connectivity index (χ1n) is 5.08. The van der Waals surface area contributed by atoms with E-state index in [0.29, 0.717) is 13.0 Å². The molecule has 1 atom stereocenters. The van der Waals surface area contributed by atoms with E-state index < -0.39 is 0 Å². The van der Waals surface area contributed by atoms with Gasteiger partial charge >= 0.3 is 0 Å². The minimum absolute atomic E-state index is 0.000862. The first-order chi connectivity index (χ1) is 7.08. The molecule has 1 unspecified atom stereocenters. The maximum Gasteiger partial charge on any atom is 0.221 e. The van der Waals surface area contributed by atoms with Gasteiger partial charge in [-0.1, -0.05) is 0 Å². The number of nitrogens with one attached hydrogen (secondary N) is 1. The molecular weight excluding hydrogens is 192 g/mol. The van der Waals surface area contributed by atoms with E-state index in [0.717, 1.165) is 12.1 Å². The van der Waals surface area contributed by atoms with Crippen molar-refractivity contribution < 1.29 is 4.79 Å². The van der Waals surface area contributed by atoms with Crippen LogP contribution in [-0.4, -0.2) is 28.3 Å². The van der Waals surface area contributed by atoms with Gasteiger partial charge in [-0.3, -0.25) is 9.48 Å². The molecule has 1 aromatic heterocycles. The van der Waals surface area contributed by atoms with E-state index in [-0.39, 0.29) is 11.9 Å². The fourth-order valence-electron chi connectivity index (χ4n) is 1.29. The van der Waals surface area contributed by atoms with Gasteiger partial charge < -0.3 is 11.1 Å². The van der Waals surface area contributed by atoms with Gasteiger partial charge in [-0.2, -0.15) is 5.10 Å². The molecule has 0 aliphatic rings. The number of hydrogen-bond acceptors (Lipinski definition) is 3. The lowest BCUT2D eigenvalue weighted by atomic mass is 10.2. The van der Waals surface area contributed by atoms with Gasteiger partial charge in [-0.15, -0.1) is 0 Å². The molecule has 5 heteroatoms. The zero-order valence-corrected chi connectivity index (χ0v) is 9.23. The highest BCUT2D eigenvalue weighted by Crippen LogP contribution is 1.94. The number of nitrogens with two attached hydrogens (primary N) is 1. The van der Waals surface area contributed by atoms with Gasteiger partial charge in [0.2, 0.25) is 5.91 Å². The third kappa shape index (κ3) is 4.60. The summed E-state index contributed by atoms with van der Waals surface area (Å²) in [5.74, 6) is 0.000862. The van der Waals surface area contributed by atoms with E-state index in [1.807, 2.05) is 26.2 Å². The number of carbonyl (C=O) groups excluding carboxylic acids is 1.